The van der Waals surface area contributed by atoms with E-state index in [4.69, 9.17) is 9.84 Å². The lowest BCUT2D eigenvalue weighted by Gasteiger charge is -2.25. The number of hydrogen-bond acceptors (Lipinski definition) is 4. The molecule has 6 heteroatoms. The molecule has 0 unspecified atom stereocenters. The molecule has 152 valence electrons. The van der Waals surface area contributed by atoms with Gasteiger partial charge in [0.1, 0.15) is 0 Å². The van der Waals surface area contributed by atoms with E-state index < -0.39 is 5.97 Å². The molecule has 1 aromatic carbocycles. The molecular weight excluding hydrogens is 356 g/mol. The minimum Gasteiger partial charge on any atom is -0.481 e. The number of fused-ring (bicyclic) bond motifs is 2. The van der Waals surface area contributed by atoms with Crippen LogP contribution in [0.1, 0.15) is 56.6 Å². The Bertz CT molecular complexity index is 718. The Morgan fingerprint density at radius 1 is 1.29 bits per heavy atom. The maximum atomic E-state index is 11.7. The first-order valence-electron chi connectivity index (χ1n) is 10.3. The molecule has 4 atom stereocenters. The summed E-state index contributed by atoms with van der Waals surface area (Å²) in [4.78, 5) is 22.7. The summed E-state index contributed by atoms with van der Waals surface area (Å²) in [6, 6.07) is 7.82. The monoisotopic (exact) mass is 386 g/mol. The van der Waals surface area contributed by atoms with Gasteiger partial charge in [-0.3, -0.25) is 9.59 Å². The predicted octanol–water partition coefficient (Wildman–Crippen LogP) is 3.33. The topological polar surface area (TPSA) is 88.0 Å². The Hall–Kier alpha value is -2.21. The lowest BCUT2D eigenvalue weighted by molar-refractivity contribution is -0.136. The highest BCUT2D eigenvalue weighted by Gasteiger charge is 2.47. The van der Waals surface area contributed by atoms with E-state index in [0.717, 1.165) is 49.7 Å². The second kappa shape index (κ2) is 9.82. The number of carbonyl (C=O) groups is 2. The number of carbonyl (C=O) groups excluding carboxylic acids is 1. The Morgan fingerprint density at radius 2 is 2.07 bits per heavy atom. The van der Waals surface area contributed by atoms with Crippen molar-refractivity contribution in [1.82, 2.24) is 5.43 Å². The molecule has 2 heterocycles. The summed E-state index contributed by atoms with van der Waals surface area (Å²) in [5.74, 6) is -0.226. The molecule has 2 saturated heterocycles. The molecule has 1 aromatic rings. The molecule has 2 fully saturated rings. The Balaban J connectivity index is 1.56. The standard InChI is InChI=1S/C22H30N2O4/c1-2-3-7-21(25)24-23-14-18-17(19-10-11-20(18)28-19)9-8-15-5-4-6-16(12-15)13-22(26)27/h4-6,12,14,17-20H,2-3,7-11,13H2,1H3,(H,24,25)(H,26,27)/t17-,18+,19+,20+/m1/s1. The normalized spacial score (nSPS) is 26.0. The van der Waals surface area contributed by atoms with Gasteiger partial charge in [0.05, 0.1) is 18.6 Å². The highest BCUT2D eigenvalue weighted by Crippen LogP contribution is 2.44. The minimum atomic E-state index is -0.809. The number of aryl methyl sites for hydroxylation is 1. The number of nitrogens with zero attached hydrogens (tertiary/aromatic N) is 1. The molecule has 0 saturated carbocycles. The fourth-order valence-corrected chi connectivity index (χ4v) is 4.39. The zero-order chi connectivity index (χ0) is 19.9. The van der Waals surface area contributed by atoms with E-state index in [1.165, 1.54) is 0 Å². The fraction of sp³-hybridized carbons (Fsp3) is 0.591. The molecular formula is C22H30N2O4. The number of amides is 1. The van der Waals surface area contributed by atoms with Crippen LogP contribution in [0.5, 0.6) is 0 Å². The maximum absolute atomic E-state index is 11.7. The molecule has 0 radical (unpaired) electrons. The SMILES string of the molecule is CCCCC(=O)NN=C[C@H]1[C@@H](CCc2cccc(CC(=O)O)c2)[C@@H]2CC[C@@H]1O2. The summed E-state index contributed by atoms with van der Waals surface area (Å²) >= 11 is 0. The van der Waals surface area contributed by atoms with Crippen LogP contribution in [0.2, 0.25) is 0 Å². The van der Waals surface area contributed by atoms with Crippen molar-refractivity contribution in [3.63, 3.8) is 0 Å². The average molecular weight is 386 g/mol. The summed E-state index contributed by atoms with van der Waals surface area (Å²) in [6.45, 7) is 2.06. The smallest absolute Gasteiger partial charge is 0.307 e. The highest BCUT2D eigenvalue weighted by molar-refractivity contribution is 5.77. The van der Waals surface area contributed by atoms with E-state index >= 15 is 0 Å². The third-order valence-electron chi connectivity index (χ3n) is 5.79. The van der Waals surface area contributed by atoms with Crippen molar-refractivity contribution < 1.29 is 19.4 Å². The van der Waals surface area contributed by atoms with Crippen LogP contribution in [-0.2, 0) is 27.2 Å². The largest absolute Gasteiger partial charge is 0.481 e. The van der Waals surface area contributed by atoms with Crippen LogP contribution in [0.25, 0.3) is 0 Å². The van der Waals surface area contributed by atoms with Gasteiger partial charge in [-0.05, 0) is 49.1 Å². The van der Waals surface area contributed by atoms with E-state index in [1.54, 1.807) is 0 Å². The molecule has 2 N–H and O–H groups in total. The van der Waals surface area contributed by atoms with Crippen LogP contribution in [0.3, 0.4) is 0 Å². The van der Waals surface area contributed by atoms with E-state index in [1.807, 2.05) is 24.4 Å². The summed E-state index contributed by atoms with van der Waals surface area (Å²) in [5, 5.41) is 13.2. The predicted molar refractivity (Wildman–Crippen MR) is 107 cm³/mol. The Labute approximate surface area is 166 Å². The quantitative estimate of drug-likeness (QED) is 0.477. The molecule has 0 aliphatic carbocycles. The van der Waals surface area contributed by atoms with Crippen LogP contribution >= 0.6 is 0 Å². The zero-order valence-corrected chi connectivity index (χ0v) is 16.5. The van der Waals surface area contributed by atoms with Crippen molar-refractivity contribution in [3.8, 4) is 0 Å². The number of rotatable bonds is 10. The fourth-order valence-electron chi connectivity index (χ4n) is 4.39. The number of carboxylic acid groups (broad SMARTS) is 1. The van der Waals surface area contributed by atoms with Crippen molar-refractivity contribution in [2.24, 2.45) is 16.9 Å². The molecule has 3 rings (SSSR count). The Kier molecular flexibility index (Phi) is 7.20. The molecule has 2 aliphatic heterocycles. The van der Waals surface area contributed by atoms with E-state index in [-0.39, 0.29) is 30.5 Å². The maximum Gasteiger partial charge on any atom is 0.307 e. The summed E-state index contributed by atoms with van der Waals surface area (Å²) in [5.41, 5.74) is 4.64. The zero-order valence-electron chi connectivity index (χ0n) is 16.5. The lowest BCUT2D eigenvalue weighted by atomic mass is 9.77. The summed E-state index contributed by atoms with van der Waals surface area (Å²) in [7, 11) is 0. The van der Waals surface area contributed by atoms with Gasteiger partial charge in [-0.1, -0.05) is 37.6 Å². The van der Waals surface area contributed by atoms with Gasteiger partial charge in [-0.15, -0.1) is 0 Å². The van der Waals surface area contributed by atoms with E-state index in [2.05, 4.69) is 23.5 Å². The van der Waals surface area contributed by atoms with Crippen LogP contribution in [0, 0.1) is 11.8 Å². The van der Waals surface area contributed by atoms with Gasteiger partial charge < -0.3 is 9.84 Å². The van der Waals surface area contributed by atoms with Gasteiger partial charge in [0.25, 0.3) is 0 Å². The first-order chi connectivity index (χ1) is 13.6. The summed E-state index contributed by atoms with van der Waals surface area (Å²) in [6.07, 6.45) is 8.76. The van der Waals surface area contributed by atoms with Crippen LogP contribution in [0.4, 0.5) is 0 Å². The van der Waals surface area contributed by atoms with Crippen molar-refractivity contribution in [1.29, 1.82) is 0 Å². The van der Waals surface area contributed by atoms with Gasteiger partial charge in [0.2, 0.25) is 5.91 Å². The van der Waals surface area contributed by atoms with Crippen molar-refractivity contribution >= 4 is 18.1 Å². The van der Waals surface area contributed by atoms with Gasteiger partial charge in [0.15, 0.2) is 0 Å². The molecule has 0 spiro atoms. The van der Waals surface area contributed by atoms with Crippen LogP contribution < -0.4 is 5.43 Å². The number of aliphatic carboxylic acids is 1. The number of ether oxygens (including phenoxy) is 1. The first kappa shape index (κ1) is 20.5. The number of hydrogen-bond donors (Lipinski definition) is 2. The Morgan fingerprint density at radius 3 is 2.86 bits per heavy atom. The second-order valence-corrected chi connectivity index (χ2v) is 7.88. The van der Waals surface area contributed by atoms with Crippen molar-refractivity contribution in [2.75, 3.05) is 0 Å². The lowest BCUT2D eigenvalue weighted by Crippen LogP contribution is -2.30. The molecule has 2 aliphatic rings. The van der Waals surface area contributed by atoms with Crippen LogP contribution in [-0.4, -0.2) is 35.4 Å². The third kappa shape index (κ3) is 5.41. The van der Waals surface area contributed by atoms with Crippen LogP contribution in [0.15, 0.2) is 29.4 Å². The van der Waals surface area contributed by atoms with Gasteiger partial charge in [-0.25, -0.2) is 5.43 Å². The van der Waals surface area contributed by atoms with Crippen molar-refractivity contribution in [3.05, 3.63) is 35.4 Å². The number of nitrogens with one attached hydrogen (secondary N) is 1. The molecule has 6 nitrogen and oxygen atoms in total. The summed E-state index contributed by atoms with van der Waals surface area (Å²) < 4.78 is 6.10. The minimum absolute atomic E-state index is 0.0334. The number of unbranched alkanes of at least 4 members (excludes halogenated alkanes) is 1. The molecule has 0 aromatic heterocycles. The first-order valence-corrected chi connectivity index (χ1v) is 10.3. The van der Waals surface area contributed by atoms with Gasteiger partial charge in [0, 0.05) is 18.6 Å². The van der Waals surface area contributed by atoms with Gasteiger partial charge >= 0.3 is 5.97 Å². The average Bonchev–Trinajstić information content (AvgIpc) is 3.26. The number of benzene rings is 1. The van der Waals surface area contributed by atoms with E-state index in [9.17, 15) is 9.59 Å². The number of hydrazone groups is 1. The number of carboxylic acids is 1. The molecule has 1 amide bonds. The van der Waals surface area contributed by atoms with E-state index in [0.29, 0.717) is 12.3 Å². The second-order valence-electron chi connectivity index (χ2n) is 7.88. The van der Waals surface area contributed by atoms with Gasteiger partial charge in [-0.2, -0.15) is 5.10 Å². The highest BCUT2D eigenvalue weighted by atomic mass is 16.5. The molecule has 28 heavy (non-hydrogen) atoms. The third-order valence-corrected chi connectivity index (χ3v) is 5.79. The van der Waals surface area contributed by atoms with Crippen molar-refractivity contribution in [2.45, 2.75) is 70.5 Å². The molecule has 2 bridgehead atoms.